The van der Waals surface area contributed by atoms with Gasteiger partial charge in [-0.1, -0.05) is 146 Å². The van der Waals surface area contributed by atoms with Crippen molar-refractivity contribution in [2.45, 2.75) is 0 Å². The molecular formula is C57H36N6. The Bertz CT molecular complexity index is 3480. The van der Waals surface area contributed by atoms with E-state index < -0.39 is 0 Å². The van der Waals surface area contributed by atoms with E-state index >= 15 is 0 Å². The summed E-state index contributed by atoms with van der Waals surface area (Å²) in [6.07, 6.45) is 0. The highest BCUT2D eigenvalue weighted by Crippen LogP contribution is 2.42. The maximum atomic E-state index is 5.56. The minimum absolute atomic E-state index is 0.597. The van der Waals surface area contributed by atoms with Crippen LogP contribution < -0.4 is 0 Å². The second kappa shape index (κ2) is 14.0. The molecule has 4 aromatic heterocycles. The van der Waals surface area contributed by atoms with Crippen molar-refractivity contribution < 1.29 is 0 Å². The highest BCUT2D eigenvalue weighted by atomic mass is 15.1. The Balaban J connectivity index is 1.18. The van der Waals surface area contributed by atoms with Crippen LogP contribution in [0.15, 0.2) is 218 Å². The van der Waals surface area contributed by atoms with Crippen LogP contribution in [0.1, 0.15) is 0 Å². The first-order valence-corrected chi connectivity index (χ1v) is 21.3. The summed E-state index contributed by atoms with van der Waals surface area (Å²) < 4.78 is 7.06. The fourth-order valence-corrected chi connectivity index (χ4v) is 9.87. The topological polar surface area (TPSA) is 53.5 Å². The zero-order valence-electron chi connectivity index (χ0n) is 34.0. The number of aromatic nitrogens is 6. The van der Waals surface area contributed by atoms with E-state index in [-0.39, 0.29) is 0 Å². The average Bonchev–Trinajstić information content (AvgIpc) is 4.01. The van der Waals surface area contributed by atoms with E-state index in [0.717, 1.165) is 83.0 Å². The Morgan fingerprint density at radius 1 is 0.222 bits per heavy atom. The Labute approximate surface area is 362 Å². The lowest BCUT2D eigenvalue weighted by Crippen LogP contribution is -2.04. The summed E-state index contributed by atoms with van der Waals surface area (Å²) >= 11 is 0. The number of rotatable bonds is 6. The van der Waals surface area contributed by atoms with Crippen molar-refractivity contribution in [3.63, 3.8) is 0 Å². The molecule has 0 amide bonds. The molecule has 0 aliphatic rings. The monoisotopic (exact) mass is 804 g/mol. The van der Waals surface area contributed by atoms with Crippen molar-refractivity contribution in [1.82, 2.24) is 28.7 Å². The van der Waals surface area contributed by atoms with Crippen molar-refractivity contribution in [3.05, 3.63) is 218 Å². The molecular weight excluding hydrogens is 769 g/mol. The van der Waals surface area contributed by atoms with Gasteiger partial charge in [0.25, 0.3) is 0 Å². The zero-order chi connectivity index (χ0) is 41.4. The Hall–Kier alpha value is -8.61. The fraction of sp³-hybridized carbons (Fsp3) is 0. The van der Waals surface area contributed by atoms with Gasteiger partial charge in [-0.2, -0.15) is 0 Å². The summed E-state index contributed by atoms with van der Waals surface area (Å²) in [5.41, 5.74) is 12.5. The Morgan fingerprint density at radius 2 is 0.476 bits per heavy atom. The fourth-order valence-electron chi connectivity index (χ4n) is 9.87. The van der Waals surface area contributed by atoms with Crippen molar-refractivity contribution in [3.8, 4) is 51.2 Å². The molecule has 0 aliphatic heterocycles. The molecule has 294 valence electrons. The van der Waals surface area contributed by atoms with Crippen LogP contribution in [0.5, 0.6) is 0 Å². The number of fused-ring (bicyclic) bond motifs is 9. The molecule has 0 aliphatic carbocycles. The maximum Gasteiger partial charge on any atom is 0.166 e. The molecule has 0 N–H and O–H groups in total. The molecule has 6 nitrogen and oxygen atoms in total. The van der Waals surface area contributed by atoms with E-state index in [4.69, 9.17) is 15.0 Å². The van der Waals surface area contributed by atoms with Gasteiger partial charge in [0.1, 0.15) is 0 Å². The van der Waals surface area contributed by atoms with E-state index in [1.807, 2.05) is 0 Å². The van der Waals surface area contributed by atoms with Gasteiger partial charge in [-0.3, -0.25) is 0 Å². The summed E-state index contributed by atoms with van der Waals surface area (Å²) in [5.74, 6) is 1.79. The highest BCUT2D eigenvalue weighted by Gasteiger charge is 2.24. The molecule has 0 spiro atoms. The molecule has 0 saturated carbocycles. The van der Waals surface area contributed by atoms with E-state index in [0.29, 0.717) is 17.5 Å². The quantitative estimate of drug-likeness (QED) is 0.168. The van der Waals surface area contributed by atoms with Gasteiger partial charge in [0.15, 0.2) is 17.5 Å². The van der Waals surface area contributed by atoms with Crippen molar-refractivity contribution in [2.75, 3.05) is 0 Å². The van der Waals surface area contributed by atoms with Gasteiger partial charge in [-0.05, 0) is 72.8 Å². The van der Waals surface area contributed by atoms with Crippen LogP contribution in [0.25, 0.3) is 117 Å². The number of nitrogens with zero attached hydrogens (tertiary/aromatic N) is 6. The van der Waals surface area contributed by atoms with Gasteiger partial charge in [0, 0.05) is 66.1 Å². The normalized spacial score (nSPS) is 11.8. The van der Waals surface area contributed by atoms with E-state index in [2.05, 4.69) is 232 Å². The summed E-state index contributed by atoms with van der Waals surface area (Å²) in [4.78, 5) is 16.7. The summed E-state index contributed by atoms with van der Waals surface area (Å²) in [7, 11) is 0. The number of benzene rings is 9. The molecule has 63 heavy (non-hydrogen) atoms. The molecule has 0 atom stereocenters. The van der Waals surface area contributed by atoms with Gasteiger partial charge in [-0.15, -0.1) is 0 Å². The van der Waals surface area contributed by atoms with Crippen LogP contribution in [0.2, 0.25) is 0 Å². The molecule has 6 heteroatoms. The molecule has 4 heterocycles. The lowest BCUT2D eigenvalue weighted by molar-refractivity contribution is 1.07. The summed E-state index contributed by atoms with van der Waals surface area (Å²) in [6, 6.07) is 77.1. The summed E-state index contributed by atoms with van der Waals surface area (Å²) in [6.45, 7) is 0. The highest BCUT2D eigenvalue weighted by molar-refractivity contribution is 6.16. The minimum Gasteiger partial charge on any atom is -0.309 e. The van der Waals surface area contributed by atoms with Crippen LogP contribution in [-0.2, 0) is 0 Å². The molecule has 0 fully saturated rings. The predicted molar refractivity (Wildman–Crippen MR) is 259 cm³/mol. The zero-order valence-corrected chi connectivity index (χ0v) is 34.0. The molecule has 0 bridgehead atoms. The van der Waals surface area contributed by atoms with Crippen LogP contribution in [0.3, 0.4) is 0 Å². The third kappa shape index (κ3) is 5.35. The average molecular weight is 805 g/mol. The molecule has 0 unspecified atom stereocenters. The minimum atomic E-state index is 0.597. The molecule has 13 rings (SSSR count). The van der Waals surface area contributed by atoms with Crippen LogP contribution in [0, 0.1) is 0 Å². The van der Waals surface area contributed by atoms with E-state index in [1.165, 1.54) is 16.2 Å². The molecule has 0 saturated heterocycles. The number of hydrogen-bond donors (Lipinski definition) is 0. The molecule has 13 aromatic rings. The standard InChI is InChI=1S/C57H36N6/c1-4-19-37(20-5-1)61-49-34-13-10-25-40(49)43-28-16-31-46(52(43)61)55-58-56(47-32-17-29-44-41-26-11-14-35-50(41)62(53(44)47)38-21-6-2-7-22-38)60-57(59-55)48-33-18-30-45-42-27-12-15-36-51(42)63(54(45)48)39-23-8-3-9-24-39/h1-36H. The molecule has 9 aromatic carbocycles. The van der Waals surface area contributed by atoms with Crippen LogP contribution in [-0.4, -0.2) is 28.7 Å². The SMILES string of the molecule is c1ccc(-n2c3ccccc3c3cccc(-c4nc(-c5cccc6c7ccccc7n(-c7ccccc7)c56)nc(-c5cccc6c7ccccc7n(-c7ccccc7)c56)n4)c32)cc1. The smallest absolute Gasteiger partial charge is 0.166 e. The van der Waals surface area contributed by atoms with E-state index in [1.54, 1.807) is 0 Å². The van der Waals surface area contributed by atoms with Gasteiger partial charge in [-0.25, -0.2) is 15.0 Å². The van der Waals surface area contributed by atoms with Gasteiger partial charge in [0.2, 0.25) is 0 Å². The van der Waals surface area contributed by atoms with Gasteiger partial charge >= 0.3 is 0 Å². The first-order chi connectivity index (χ1) is 31.3. The predicted octanol–water partition coefficient (Wildman–Crippen LogP) is 14.2. The van der Waals surface area contributed by atoms with Crippen LogP contribution >= 0.6 is 0 Å². The van der Waals surface area contributed by atoms with Gasteiger partial charge in [0.05, 0.1) is 33.1 Å². The first-order valence-electron chi connectivity index (χ1n) is 21.3. The van der Waals surface area contributed by atoms with Crippen LogP contribution in [0.4, 0.5) is 0 Å². The molecule has 0 radical (unpaired) electrons. The first kappa shape index (κ1) is 35.2. The second-order valence-electron chi connectivity index (χ2n) is 16.0. The largest absolute Gasteiger partial charge is 0.309 e. The lowest BCUT2D eigenvalue weighted by Gasteiger charge is -2.15. The Morgan fingerprint density at radius 3 is 0.778 bits per heavy atom. The van der Waals surface area contributed by atoms with E-state index in [9.17, 15) is 0 Å². The van der Waals surface area contributed by atoms with Crippen molar-refractivity contribution in [2.24, 2.45) is 0 Å². The Kier molecular flexibility index (Phi) is 7.80. The van der Waals surface area contributed by atoms with Crippen molar-refractivity contribution >= 4 is 65.4 Å². The maximum absolute atomic E-state index is 5.56. The van der Waals surface area contributed by atoms with Gasteiger partial charge < -0.3 is 13.7 Å². The third-order valence-corrected chi connectivity index (χ3v) is 12.5. The van der Waals surface area contributed by atoms with Crippen molar-refractivity contribution in [1.29, 1.82) is 0 Å². The summed E-state index contributed by atoms with van der Waals surface area (Å²) in [5, 5.41) is 6.90. The third-order valence-electron chi connectivity index (χ3n) is 12.5. The second-order valence-corrected chi connectivity index (χ2v) is 16.0. The number of para-hydroxylation sites is 9. The lowest BCUT2D eigenvalue weighted by atomic mass is 10.1. The number of hydrogen-bond acceptors (Lipinski definition) is 3.